The highest BCUT2D eigenvalue weighted by molar-refractivity contribution is 7.20. The van der Waals surface area contributed by atoms with Gasteiger partial charge in [0.2, 0.25) is 0 Å². The first kappa shape index (κ1) is 15.2. The van der Waals surface area contributed by atoms with E-state index in [9.17, 15) is 4.79 Å². The van der Waals surface area contributed by atoms with Crippen LogP contribution >= 0.6 is 11.3 Å². The van der Waals surface area contributed by atoms with Gasteiger partial charge in [-0.1, -0.05) is 0 Å². The minimum absolute atomic E-state index is 0.226. The average molecular weight is 321 g/mol. The third-order valence-corrected chi connectivity index (χ3v) is 4.96. The van der Waals surface area contributed by atoms with Gasteiger partial charge in [-0.3, -0.25) is 0 Å². The van der Waals surface area contributed by atoms with E-state index in [1.54, 1.807) is 0 Å². The number of ether oxygens (including phenoxy) is 2. The number of anilines is 1. The predicted molar refractivity (Wildman–Crippen MR) is 85.7 cm³/mol. The van der Waals surface area contributed by atoms with E-state index in [1.165, 1.54) is 18.4 Å². The third kappa shape index (κ3) is 2.78. The molecule has 3 rings (SSSR count). The van der Waals surface area contributed by atoms with Crippen LogP contribution in [0.3, 0.4) is 0 Å². The number of esters is 1. The number of carbonyl (C=O) groups is 1. The molecule has 7 heteroatoms. The quantitative estimate of drug-likeness (QED) is 0.873. The largest absolute Gasteiger partial charge is 0.465 e. The maximum Gasteiger partial charge on any atom is 0.348 e. The normalized spacial score (nSPS) is 17.9. The molecule has 1 N–H and O–H groups in total. The molecule has 1 aliphatic rings. The lowest BCUT2D eigenvalue weighted by atomic mass is 10.2. The van der Waals surface area contributed by atoms with Crippen molar-refractivity contribution >= 4 is 33.3 Å². The van der Waals surface area contributed by atoms with Gasteiger partial charge in [0.05, 0.1) is 18.6 Å². The number of nitrogens with one attached hydrogen (secondary N) is 1. The molecule has 0 saturated carbocycles. The smallest absolute Gasteiger partial charge is 0.348 e. The molecule has 2 aromatic rings. The Balaban J connectivity index is 1.97. The highest BCUT2D eigenvalue weighted by Crippen LogP contribution is 2.34. The molecule has 118 valence electrons. The lowest BCUT2D eigenvalue weighted by molar-refractivity contribution is 0.0605. The maximum atomic E-state index is 11.9. The van der Waals surface area contributed by atoms with Crippen LogP contribution in [0.4, 0.5) is 5.82 Å². The summed E-state index contributed by atoms with van der Waals surface area (Å²) in [5.74, 6) is 1.12. The van der Waals surface area contributed by atoms with Gasteiger partial charge in [-0.25, -0.2) is 14.8 Å². The second kappa shape index (κ2) is 6.18. The van der Waals surface area contributed by atoms with E-state index in [-0.39, 0.29) is 12.1 Å². The zero-order chi connectivity index (χ0) is 15.7. The monoisotopic (exact) mass is 321 g/mol. The van der Waals surface area contributed by atoms with Crippen LogP contribution in [0.5, 0.6) is 0 Å². The second-order valence-electron chi connectivity index (χ2n) is 5.36. The highest BCUT2D eigenvalue weighted by atomic mass is 32.1. The number of aromatic nitrogens is 2. The molecule has 0 aromatic carbocycles. The van der Waals surface area contributed by atoms with Gasteiger partial charge in [0.1, 0.15) is 21.3 Å². The second-order valence-corrected chi connectivity index (χ2v) is 6.36. The van der Waals surface area contributed by atoms with E-state index >= 15 is 0 Å². The molecule has 1 atom stereocenters. The van der Waals surface area contributed by atoms with Gasteiger partial charge in [0.15, 0.2) is 0 Å². The van der Waals surface area contributed by atoms with Crippen molar-refractivity contribution in [3.8, 4) is 0 Å². The lowest BCUT2D eigenvalue weighted by Crippen LogP contribution is -2.19. The minimum Gasteiger partial charge on any atom is -0.465 e. The number of carbonyl (C=O) groups excluding carboxylic acids is 1. The van der Waals surface area contributed by atoms with E-state index in [2.05, 4.69) is 15.3 Å². The Morgan fingerprint density at radius 3 is 2.95 bits per heavy atom. The molecule has 0 amide bonds. The number of hydrogen-bond acceptors (Lipinski definition) is 7. The molecule has 3 heterocycles. The van der Waals surface area contributed by atoms with Gasteiger partial charge in [0.25, 0.3) is 0 Å². The van der Waals surface area contributed by atoms with Crippen molar-refractivity contribution < 1.29 is 14.3 Å². The zero-order valence-corrected chi connectivity index (χ0v) is 13.7. The molecule has 6 nitrogen and oxygen atoms in total. The summed E-state index contributed by atoms with van der Waals surface area (Å²) in [6, 6.07) is 0. The topological polar surface area (TPSA) is 73.3 Å². The Bertz CT molecular complexity index is 708. The van der Waals surface area contributed by atoms with E-state index in [0.717, 1.165) is 41.0 Å². The Labute approximate surface area is 132 Å². The summed E-state index contributed by atoms with van der Waals surface area (Å²) in [4.78, 5) is 22.2. The standard InChI is InChI=1S/C15H19N3O3S/c1-8-11-13(16-7-10-5-4-6-21-10)17-9(2)18-14(11)22-12(8)15(19)20-3/h10H,4-7H2,1-3H3,(H,16,17,18)/t10-/m1/s1. The van der Waals surface area contributed by atoms with Crippen LogP contribution in [0.1, 0.15) is 33.9 Å². The number of aryl methyl sites for hydroxylation is 2. The molecule has 0 spiro atoms. The van der Waals surface area contributed by atoms with Gasteiger partial charge in [-0.2, -0.15) is 0 Å². The van der Waals surface area contributed by atoms with Crippen molar-refractivity contribution in [3.63, 3.8) is 0 Å². The van der Waals surface area contributed by atoms with Crippen LogP contribution < -0.4 is 5.32 Å². The molecule has 0 bridgehead atoms. The van der Waals surface area contributed by atoms with E-state index < -0.39 is 0 Å². The number of fused-ring (bicyclic) bond motifs is 1. The Kier molecular flexibility index (Phi) is 4.26. The molecular weight excluding hydrogens is 302 g/mol. The molecular formula is C15H19N3O3S. The van der Waals surface area contributed by atoms with Gasteiger partial charge in [-0.15, -0.1) is 11.3 Å². The molecule has 1 aliphatic heterocycles. The number of methoxy groups -OCH3 is 1. The SMILES string of the molecule is COC(=O)c1sc2nc(C)nc(NC[C@H]3CCCO3)c2c1C. The van der Waals surface area contributed by atoms with Crippen molar-refractivity contribution in [1.82, 2.24) is 9.97 Å². The Morgan fingerprint density at radius 1 is 1.45 bits per heavy atom. The predicted octanol–water partition coefficient (Wildman–Crippen LogP) is 2.69. The maximum absolute atomic E-state index is 11.9. The van der Waals surface area contributed by atoms with Crippen LogP contribution in [0.2, 0.25) is 0 Å². The molecule has 0 aliphatic carbocycles. The van der Waals surface area contributed by atoms with Crippen molar-refractivity contribution in [2.24, 2.45) is 0 Å². The lowest BCUT2D eigenvalue weighted by Gasteiger charge is -2.12. The fourth-order valence-electron chi connectivity index (χ4n) is 2.68. The number of nitrogens with zero attached hydrogens (tertiary/aromatic N) is 2. The van der Waals surface area contributed by atoms with Crippen LogP contribution in [0, 0.1) is 13.8 Å². The van der Waals surface area contributed by atoms with Crippen molar-refractivity contribution in [3.05, 3.63) is 16.3 Å². The van der Waals surface area contributed by atoms with Gasteiger partial charge < -0.3 is 14.8 Å². The highest BCUT2D eigenvalue weighted by Gasteiger charge is 2.21. The summed E-state index contributed by atoms with van der Waals surface area (Å²) in [7, 11) is 1.39. The molecule has 0 unspecified atom stereocenters. The number of rotatable bonds is 4. The van der Waals surface area contributed by atoms with Crippen LogP contribution in [-0.2, 0) is 9.47 Å². The van der Waals surface area contributed by atoms with E-state index in [0.29, 0.717) is 17.2 Å². The van der Waals surface area contributed by atoms with Crippen molar-refractivity contribution in [2.75, 3.05) is 25.6 Å². The summed E-state index contributed by atoms with van der Waals surface area (Å²) in [5, 5.41) is 4.26. The first-order chi connectivity index (χ1) is 10.6. The average Bonchev–Trinajstić information content (AvgIpc) is 3.12. The van der Waals surface area contributed by atoms with Gasteiger partial charge >= 0.3 is 5.97 Å². The fraction of sp³-hybridized carbons (Fsp3) is 0.533. The molecule has 1 fully saturated rings. The Hall–Kier alpha value is -1.73. The molecule has 1 saturated heterocycles. The summed E-state index contributed by atoms with van der Waals surface area (Å²) in [5.41, 5.74) is 0.863. The van der Waals surface area contributed by atoms with Crippen LogP contribution in [-0.4, -0.2) is 42.3 Å². The number of thiophene rings is 1. The number of hydrogen-bond donors (Lipinski definition) is 1. The van der Waals surface area contributed by atoms with E-state index in [1.807, 2.05) is 13.8 Å². The van der Waals surface area contributed by atoms with Gasteiger partial charge in [0, 0.05) is 13.2 Å². The molecule has 2 aromatic heterocycles. The first-order valence-electron chi connectivity index (χ1n) is 7.31. The van der Waals surface area contributed by atoms with E-state index in [4.69, 9.17) is 9.47 Å². The summed E-state index contributed by atoms with van der Waals surface area (Å²) in [6.45, 7) is 5.30. The summed E-state index contributed by atoms with van der Waals surface area (Å²) in [6.07, 6.45) is 2.40. The fourth-order valence-corrected chi connectivity index (χ4v) is 3.82. The molecule has 0 radical (unpaired) electrons. The molecule has 22 heavy (non-hydrogen) atoms. The van der Waals surface area contributed by atoms with Crippen LogP contribution in [0.25, 0.3) is 10.2 Å². The van der Waals surface area contributed by atoms with Crippen LogP contribution in [0.15, 0.2) is 0 Å². The summed E-state index contributed by atoms with van der Waals surface area (Å²) >= 11 is 1.35. The van der Waals surface area contributed by atoms with Crippen molar-refractivity contribution in [2.45, 2.75) is 32.8 Å². The Morgan fingerprint density at radius 2 is 2.27 bits per heavy atom. The van der Waals surface area contributed by atoms with Gasteiger partial charge in [-0.05, 0) is 32.3 Å². The summed E-state index contributed by atoms with van der Waals surface area (Å²) < 4.78 is 10.5. The van der Waals surface area contributed by atoms with Crippen molar-refractivity contribution in [1.29, 1.82) is 0 Å². The first-order valence-corrected chi connectivity index (χ1v) is 8.13. The minimum atomic E-state index is -0.330. The zero-order valence-electron chi connectivity index (χ0n) is 12.9. The third-order valence-electron chi connectivity index (χ3n) is 3.79.